The summed E-state index contributed by atoms with van der Waals surface area (Å²) in [5, 5.41) is 11.5. The first-order chi connectivity index (χ1) is 16.2. The maximum Gasteiger partial charge on any atom is 0.243 e. The highest BCUT2D eigenvalue weighted by Gasteiger charge is 2.45. The molecule has 0 unspecified atom stereocenters. The Labute approximate surface area is 204 Å². The predicted octanol–water partition coefficient (Wildman–Crippen LogP) is 2.43. The van der Waals surface area contributed by atoms with Crippen LogP contribution in [-0.2, 0) is 26.2 Å². The number of nitrogens with zero attached hydrogens (tertiary/aromatic N) is 3. The van der Waals surface area contributed by atoms with Gasteiger partial charge in [-0.1, -0.05) is 11.6 Å². The zero-order valence-corrected chi connectivity index (χ0v) is 20.3. The molecule has 1 saturated carbocycles. The third kappa shape index (κ3) is 5.07. The van der Waals surface area contributed by atoms with Gasteiger partial charge in [-0.25, -0.2) is 17.1 Å². The van der Waals surface area contributed by atoms with Crippen molar-refractivity contribution < 1.29 is 22.4 Å². The Bertz CT molecular complexity index is 1100. The molecule has 0 aromatic heterocycles. The highest BCUT2D eigenvalue weighted by molar-refractivity contribution is 7.89. The van der Waals surface area contributed by atoms with Crippen LogP contribution >= 0.6 is 11.6 Å². The molecule has 1 aromatic rings. The van der Waals surface area contributed by atoms with Gasteiger partial charge in [0.15, 0.2) is 0 Å². The fraction of sp³-hybridized carbons (Fsp3) is 0.609. The van der Waals surface area contributed by atoms with E-state index in [0.29, 0.717) is 62.2 Å². The van der Waals surface area contributed by atoms with Crippen molar-refractivity contribution in [1.82, 2.24) is 14.5 Å². The fourth-order valence-corrected chi connectivity index (χ4v) is 7.35. The van der Waals surface area contributed by atoms with Crippen LogP contribution in [0.25, 0.3) is 0 Å². The van der Waals surface area contributed by atoms with Crippen LogP contribution < -0.4 is 5.32 Å². The van der Waals surface area contributed by atoms with Crippen LogP contribution in [0.3, 0.4) is 0 Å². The number of amides is 2. The summed E-state index contributed by atoms with van der Waals surface area (Å²) in [5.41, 5.74) is 0.452. The van der Waals surface area contributed by atoms with Crippen LogP contribution in [0.2, 0.25) is 5.02 Å². The summed E-state index contributed by atoms with van der Waals surface area (Å²) in [4.78, 5) is 27.7. The average molecular weight is 511 g/mol. The quantitative estimate of drug-likeness (QED) is 0.632. The second-order valence-corrected chi connectivity index (χ2v) is 11.9. The molecule has 3 fully saturated rings. The van der Waals surface area contributed by atoms with E-state index in [2.05, 4.69) is 11.4 Å². The Balaban J connectivity index is 1.37. The largest absolute Gasteiger partial charge is 0.350 e. The lowest BCUT2D eigenvalue weighted by Crippen LogP contribution is -2.53. The zero-order chi connectivity index (χ0) is 24.5. The summed E-state index contributed by atoms with van der Waals surface area (Å²) < 4.78 is 40.8. The van der Waals surface area contributed by atoms with Crippen LogP contribution in [0.1, 0.15) is 44.1 Å². The minimum Gasteiger partial charge on any atom is -0.350 e. The molecule has 2 aliphatic heterocycles. The van der Waals surface area contributed by atoms with E-state index in [1.54, 1.807) is 4.90 Å². The van der Waals surface area contributed by atoms with Gasteiger partial charge in [0.25, 0.3) is 0 Å². The lowest BCUT2D eigenvalue weighted by Gasteiger charge is -2.39. The Morgan fingerprint density at radius 1 is 1.21 bits per heavy atom. The molecule has 184 valence electrons. The van der Waals surface area contributed by atoms with Crippen molar-refractivity contribution in [2.24, 2.45) is 11.8 Å². The SMILES string of the molecule is N#CC1CC(S(=O)(=O)N2CCC[C@H](C(=O)N3CCC[C@@H]3C(=O)NCc3cc(F)ccc3Cl)C2)C1. The molecule has 2 amide bonds. The number of piperidine rings is 1. The summed E-state index contributed by atoms with van der Waals surface area (Å²) in [6.07, 6.45) is 3.03. The van der Waals surface area contributed by atoms with Crippen LogP contribution in [-0.4, -0.2) is 60.4 Å². The van der Waals surface area contributed by atoms with Crippen molar-refractivity contribution in [3.8, 4) is 6.07 Å². The van der Waals surface area contributed by atoms with Gasteiger partial charge < -0.3 is 10.2 Å². The fourth-order valence-electron chi connectivity index (χ4n) is 5.02. The van der Waals surface area contributed by atoms with Gasteiger partial charge in [-0.2, -0.15) is 5.26 Å². The van der Waals surface area contributed by atoms with Gasteiger partial charge in [-0.05, 0) is 62.3 Å². The smallest absolute Gasteiger partial charge is 0.243 e. The molecule has 0 radical (unpaired) electrons. The van der Waals surface area contributed by atoms with Crippen molar-refractivity contribution in [3.05, 3.63) is 34.6 Å². The molecule has 1 aliphatic carbocycles. The average Bonchev–Trinajstić information content (AvgIpc) is 3.28. The van der Waals surface area contributed by atoms with E-state index in [9.17, 15) is 22.4 Å². The molecule has 2 atom stereocenters. The number of hydrogen-bond donors (Lipinski definition) is 1. The van der Waals surface area contributed by atoms with Gasteiger partial charge in [0.1, 0.15) is 11.9 Å². The number of halogens is 2. The number of carbonyl (C=O) groups is 2. The number of nitrogens with one attached hydrogen (secondary N) is 1. The minimum absolute atomic E-state index is 0.0501. The molecule has 11 heteroatoms. The van der Waals surface area contributed by atoms with Crippen LogP contribution in [0.4, 0.5) is 4.39 Å². The highest BCUT2D eigenvalue weighted by atomic mass is 35.5. The number of rotatable bonds is 6. The first kappa shape index (κ1) is 24.9. The normalized spacial score (nSPS) is 27.6. The number of hydrogen-bond acceptors (Lipinski definition) is 5. The molecular formula is C23H28ClFN4O4S. The van der Waals surface area contributed by atoms with Gasteiger partial charge in [0.05, 0.1) is 17.2 Å². The molecule has 2 saturated heterocycles. The maximum atomic E-state index is 13.5. The van der Waals surface area contributed by atoms with Crippen LogP contribution in [0.15, 0.2) is 18.2 Å². The van der Waals surface area contributed by atoms with E-state index in [1.807, 2.05) is 0 Å². The molecular weight excluding hydrogens is 483 g/mol. The summed E-state index contributed by atoms with van der Waals surface area (Å²) in [5.74, 6) is -1.70. The standard InChI is InChI=1S/C23H28ClFN4O4S/c24-20-6-5-18(25)11-17(20)13-27-22(30)21-4-2-8-29(21)23(31)16-3-1-7-28(14-16)34(32,33)19-9-15(10-19)12-26/h5-6,11,15-16,19,21H,1-4,7-10,13-14H2,(H,27,30)/t15?,16-,19?,21+/m0/s1. The first-order valence-electron chi connectivity index (χ1n) is 11.6. The molecule has 4 rings (SSSR count). The van der Waals surface area contributed by atoms with Gasteiger partial charge in [-0.3, -0.25) is 9.59 Å². The lowest BCUT2D eigenvalue weighted by atomic mass is 9.86. The van der Waals surface area contributed by atoms with E-state index in [0.717, 1.165) is 0 Å². The molecule has 8 nitrogen and oxygen atoms in total. The molecule has 0 spiro atoms. The number of likely N-dealkylation sites (tertiary alicyclic amines) is 1. The highest BCUT2D eigenvalue weighted by Crippen LogP contribution is 2.36. The lowest BCUT2D eigenvalue weighted by molar-refractivity contribution is -0.142. The predicted molar refractivity (Wildman–Crippen MR) is 123 cm³/mol. The van der Waals surface area contributed by atoms with Crippen LogP contribution in [0, 0.1) is 29.0 Å². The Morgan fingerprint density at radius 2 is 1.94 bits per heavy atom. The number of nitriles is 1. The Kier molecular flexibility index (Phi) is 7.45. The van der Waals surface area contributed by atoms with Crippen molar-refractivity contribution in [3.63, 3.8) is 0 Å². The molecule has 1 aromatic carbocycles. The van der Waals surface area contributed by atoms with Gasteiger partial charge >= 0.3 is 0 Å². The van der Waals surface area contributed by atoms with Gasteiger partial charge in [0, 0.05) is 37.1 Å². The third-order valence-corrected chi connectivity index (χ3v) is 9.74. The first-order valence-corrected chi connectivity index (χ1v) is 13.5. The van der Waals surface area contributed by atoms with Crippen molar-refractivity contribution in [1.29, 1.82) is 5.26 Å². The zero-order valence-electron chi connectivity index (χ0n) is 18.8. The Morgan fingerprint density at radius 3 is 2.68 bits per heavy atom. The molecule has 3 aliphatic rings. The Hall–Kier alpha value is -2.22. The number of carbonyl (C=O) groups excluding carboxylic acids is 2. The van der Waals surface area contributed by atoms with E-state index < -0.39 is 33.1 Å². The summed E-state index contributed by atoms with van der Waals surface area (Å²) in [7, 11) is -3.55. The minimum atomic E-state index is -3.55. The van der Waals surface area contributed by atoms with E-state index in [4.69, 9.17) is 16.9 Å². The summed E-state index contributed by atoms with van der Waals surface area (Å²) >= 11 is 6.07. The monoisotopic (exact) mass is 510 g/mol. The topological polar surface area (TPSA) is 111 Å². The molecule has 1 N–H and O–H groups in total. The second kappa shape index (κ2) is 10.2. The number of sulfonamides is 1. The summed E-state index contributed by atoms with van der Waals surface area (Å²) in [6.45, 7) is 0.971. The van der Waals surface area contributed by atoms with E-state index in [-0.39, 0.29) is 30.8 Å². The van der Waals surface area contributed by atoms with Gasteiger partial charge in [0.2, 0.25) is 21.8 Å². The summed E-state index contributed by atoms with van der Waals surface area (Å²) in [6, 6.07) is 5.39. The van der Waals surface area contributed by atoms with Crippen molar-refractivity contribution in [2.45, 2.75) is 56.4 Å². The van der Waals surface area contributed by atoms with Crippen molar-refractivity contribution in [2.75, 3.05) is 19.6 Å². The van der Waals surface area contributed by atoms with Gasteiger partial charge in [-0.15, -0.1) is 0 Å². The van der Waals surface area contributed by atoms with E-state index >= 15 is 0 Å². The molecule has 0 bridgehead atoms. The number of benzene rings is 1. The van der Waals surface area contributed by atoms with Crippen molar-refractivity contribution >= 4 is 33.4 Å². The van der Waals surface area contributed by atoms with Crippen LogP contribution in [0.5, 0.6) is 0 Å². The maximum absolute atomic E-state index is 13.5. The van der Waals surface area contributed by atoms with E-state index in [1.165, 1.54) is 22.5 Å². The molecule has 2 heterocycles. The second-order valence-electron chi connectivity index (χ2n) is 9.30. The third-order valence-electron chi connectivity index (χ3n) is 7.09. The molecule has 34 heavy (non-hydrogen) atoms.